The molecule has 99 heavy (non-hydrogen) atoms. The Morgan fingerprint density at radius 1 is 0.283 bits per heavy atom. The number of ether oxygens (including phenoxy) is 4. The molecule has 0 aromatic carbocycles. The molecular formula is C80H152O17P2. The van der Waals surface area contributed by atoms with Crippen LogP contribution in [0.1, 0.15) is 407 Å². The van der Waals surface area contributed by atoms with Gasteiger partial charge in [-0.3, -0.25) is 37.3 Å². The van der Waals surface area contributed by atoms with Crippen molar-refractivity contribution in [1.29, 1.82) is 0 Å². The van der Waals surface area contributed by atoms with Gasteiger partial charge in [0.2, 0.25) is 0 Å². The van der Waals surface area contributed by atoms with E-state index in [9.17, 15) is 43.2 Å². The molecule has 5 atom stereocenters. The van der Waals surface area contributed by atoms with Crippen LogP contribution in [0, 0.1) is 0 Å². The summed E-state index contributed by atoms with van der Waals surface area (Å²) in [7, 11) is -9.93. The molecule has 0 aromatic heterocycles. The van der Waals surface area contributed by atoms with E-state index in [-0.39, 0.29) is 25.7 Å². The van der Waals surface area contributed by atoms with Gasteiger partial charge in [0, 0.05) is 25.7 Å². The van der Waals surface area contributed by atoms with Gasteiger partial charge in [-0.2, -0.15) is 0 Å². The second kappa shape index (κ2) is 73.8. The van der Waals surface area contributed by atoms with Crippen molar-refractivity contribution >= 4 is 39.5 Å². The van der Waals surface area contributed by atoms with E-state index >= 15 is 0 Å². The maximum Gasteiger partial charge on any atom is 0.472 e. The molecule has 0 aliphatic heterocycles. The van der Waals surface area contributed by atoms with Crippen LogP contribution in [0.5, 0.6) is 0 Å². The number of rotatable bonds is 79. The lowest BCUT2D eigenvalue weighted by Gasteiger charge is -2.21. The number of carbonyl (C=O) groups is 4. The molecule has 2 unspecified atom stereocenters. The highest BCUT2D eigenvalue weighted by molar-refractivity contribution is 7.47. The summed E-state index contributed by atoms with van der Waals surface area (Å²) >= 11 is 0. The molecule has 0 spiro atoms. The summed E-state index contributed by atoms with van der Waals surface area (Å²) in [6, 6.07) is 0. The first-order chi connectivity index (χ1) is 48.2. The van der Waals surface area contributed by atoms with Crippen molar-refractivity contribution in [3.05, 3.63) is 24.3 Å². The van der Waals surface area contributed by atoms with Crippen molar-refractivity contribution in [3.63, 3.8) is 0 Å². The molecule has 19 heteroatoms. The van der Waals surface area contributed by atoms with Gasteiger partial charge in [0.15, 0.2) is 12.2 Å². The molecule has 0 bridgehead atoms. The highest BCUT2D eigenvalue weighted by atomic mass is 31.2. The molecule has 0 amide bonds. The lowest BCUT2D eigenvalue weighted by Crippen LogP contribution is -2.30. The van der Waals surface area contributed by atoms with Gasteiger partial charge in [0.1, 0.15) is 19.3 Å². The van der Waals surface area contributed by atoms with E-state index in [0.717, 1.165) is 103 Å². The summed E-state index contributed by atoms with van der Waals surface area (Å²) < 4.78 is 68.6. The number of hydrogen-bond donors (Lipinski definition) is 3. The number of esters is 4. The Hall–Kier alpha value is -2.46. The quantitative estimate of drug-likeness (QED) is 0.0169. The molecule has 0 saturated carbocycles. The molecule has 3 N–H and O–H groups in total. The van der Waals surface area contributed by atoms with Crippen molar-refractivity contribution in [3.8, 4) is 0 Å². The van der Waals surface area contributed by atoms with Gasteiger partial charge in [-0.25, -0.2) is 9.13 Å². The second-order valence-corrected chi connectivity index (χ2v) is 31.0. The van der Waals surface area contributed by atoms with Crippen LogP contribution in [0.15, 0.2) is 24.3 Å². The lowest BCUT2D eigenvalue weighted by molar-refractivity contribution is -0.161. The first kappa shape index (κ1) is 96.5. The minimum atomic E-state index is -4.96. The minimum absolute atomic E-state index is 0.0856. The SMILES string of the molecule is CCCCCC/C=C\C=C/CCCCCCCC(=O)O[C@H](COC(=O)CCCCCCCCCCC)COP(=O)(O)OC[C@H](O)COP(=O)(O)OC[C@@H](COC(=O)CCCCCCCCCCCCCCCCCCC)OC(=O)CCCCCCCCCCCCCCCCCCCC. The molecule has 0 radical (unpaired) electrons. The summed E-state index contributed by atoms with van der Waals surface area (Å²) in [6.45, 7) is 4.94. The van der Waals surface area contributed by atoms with Crippen molar-refractivity contribution in [2.45, 2.75) is 425 Å². The number of phosphoric ester groups is 2. The molecule has 0 aliphatic rings. The van der Waals surface area contributed by atoms with Crippen LogP contribution >= 0.6 is 15.6 Å². The fourth-order valence-electron chi connectivity index (χ4n) is 11.9. The number of carbonyl (C=O) groups excluding carboxylic acids is 4. The monoisotopic (exact) mass is 1450 g/mol. The number of aliphatic hydroxyl groups is 1. The van der Waals surface area contributed by atoms with Crippen LogP contribution in [0.3, 0.4) is 0 Å². The predicted octanol–water partition coefficient (Wildman–Crippen LogP) is 23.7. The zero-order valence-electron chi connectivity index (χ0n) is 64.0. The van der Waals surface area contributed by atoms with Crippen molar-refractivity contribution in [2.24, 2.45) is 0 Å². The van der Waals surface area contributed by atoms with Crippen LogP contribution in [0.2, 0.25) is 0 Å². The molecule has 0 saturated heterocycles. The normalized spacial score (nSPS) is 14.0. The number of aliphatic hydroxyl groups excluding tert-OH is 1. The van der Waals surface area contributed by atoms with Crippen LogP contribution in [0.4, 0.5) is 0 Å². The standard InChI is InChI=1S/C80H152O17P2/c1-5-9-13-17-21-25-28-31-34-36-38-41-44-47-51-55-59-63-67-80(85)97-76(71-91-78(83)65-61-57-53-49-45-42-40-37-35-32-29-26-22-18-14-10-6-2)73-95-99(88,89)93-69-74(81)68-92-98(86,87)94-72-75(70-90-77(82)64-60-56-52-48-24-20-16-12-8-4)96-79(84)66-62-58-54-50-46-43-39-33-30-27-23-19-15-11-7-3/h27,30,33,39,74-76,81H,5-26,28-29,31-32,34-38,40-73H2,1-4H3,(H,86,87)(H,88,89)/b30-27-,39-33-/t74-,75+,76+/m0/s1. The molecule has 17 nitrogen and oxygen atoms in total. The summed E-state index contributed by atoms with van der Waals surface area (Å²) in [5.41, 5.74) is 0. The Labute approximate surface area is 605 Å². The fraction of sp³-hybridized carbons (Fsp3) is 0.900. The third-order valence-corrected chi connectivity index (χ3v) is 20.1. The Morgan fingerprint density at radius 3 is 0.737 bits per heavy atom. The van der Waals surface area contributed by atoms with Gasteiger partial charge >= 0.3 is 39.5 Å². The van der Waals surface area contributed by atoms with Gasteiger partial charge < -0.3 is 33.8 Å². The number of unbranched alkanes of at least 4 members (excludes halogenated alkanes) is 50. The third kappa shape index (κ3) is 73.6. The zero-order valence-corrected chi connectivity index (χ0v) is 65.7. The van der Waals surface area contributed by atoms with Crippen LogP contribution in [-0.4, -0.2) is 96.7 Å². The van der Waals surface area contributed by atoms with E-state index in [1.165, 1.54) is 225 Å². The molecule has 0 aliphatic carbocycles. The highest BCUT2D eigenvalue weighted by Crippen LogP contribution is 2.45. The largest absolute Gasteiger partial charge is 0.472 e. The number of phosphoric acid groups is 2. The Kier molecular flexibility index (Phi) is 72.0. The van der Waals surface area contributed by atoms with Crippen molar-refractivity contribution < 1.29 is 80.2 Å². The van der Waals surface area contributed by atoms with Crippen LogP contribution in [0.25, 0.3) is 0 Å². The summed E-state index contributed by atoms with van der Waals surface area (Å²) in [4.78, 5) is 72.9. The topological polar surface area (TPSA) is 237 Å². The summed E-state index contributed by atoms with van der Waals surface area (Å²) in [5, 5.41) is 10.6. The first-order valence-corrected chi connectivity index (χ1v) is 44.1. The maximum atomic E-state index is 13.1. The van der Waals surface area contributed by atoms with Gasteiger partial charge in [0.25, 0.3) is 0 Å². The van der Waals surface area contributed by atoms with E-state index in [4.69, 9.17) is 37.0 Å². The van der Waals surface area contributed by atoms with Crippen LogP contribution in [-0.2, 0) is 65.4 Å². The smallest absolute Gasteiger partial charge is 0.462 e. The molecule has 0 heterocycles. The molecule has 0 aromatic rings. The molecule has 0 fully saturated rings. The average Bonchev–Trinajstić information content (AvgIpc) is 1.07. The Balaban J connectivity index is 5.25. The van der Waals surface area contributed by atoms with Gasteiger partial charge in [0.05, 0.1) is 26.4 Å². The third-order valence-electron chi connectivity index (χ3n) is 18.2. The Bertz CT molecular complexity index is 1970. The lowest BCUT2D eigenvalue weighted by atomic mass is 10.0. The van der Waals surface area contributed by atoms with E-state index < -0.39 is 97.5 Å². The van der Waals surface area contributed by atoms with Gasteiger partial charge in [-0.1, -0.05) is 354 Å². The predicted molar refractivity (Wildman–Crippen MR) is 405 cm³/mol. The van der Waals surface area contributed by atoms with E-state index in [1.807, 2.05) is 0 Å². The maximum absolute atomic E-state index is 13.1. The number of allylic oxidation sites excluding steroid dienone is 4. The molecule has 584 valence electrons. The number of hydrogen-bond acceptors (Lipinski definition) is 15. The van der Waals surface area contributed by atoms with Crippen molar-refractivity contribution in [1.82, 2.24) is 0 Å². The van der Waals surface area contributed by atoms with Crippen molar-refractivity contribution in [2.75, 3.05) is 39.6 Å². The average molecular weight is 1450 g/mol. The van der Waals surface area contributed by atoms with Crippen LogP contribution < -0.4 is 0 Å². The zero-order chi connectivity index (χ0) is 72.5. The fourth-order valence-corrected chi connectivity index (χ4v) is 13.5. The van der Waals surface area contributed by atoms with Gasteiger partial charge in [-0.15, -0.1) is 0 Å². The van der Waals surface area contributed by atoms with E-state index in [0.29, 0.717) is 25.7 Å². The molecular weight excluding hydrogens is 1290 g/mol. The first-order valence-electron chi connectivity index (χ1n) is 41.1. The summed E-state index contributed by atoms with van der Waals surface area (Å²) in [6.07, 6.45) is 68.8. The van der Waals surface area contributed by atoms with E-state index in [2.05, 4.69) is 52.0 Å². The van der Waals surface area contributed by atoms with E-state index in [1.54, 1.807) is 0 Å². The second-order valence-electron chi connectivity index (χ2n) is 28.1. The Morgan fingerprint density at radius 2 is 0.485 bits per heavy atom. The van der Waals surface area contributed by atoms with Gasteiger partial charge in [-0.05, 0) is 51.4 Å². The molecule has 0 rings (SSSR count). The summed E-state index contributed by atoms with van der Waals surface area (Å²) in [5.74, 6) is -2.14. The minimum Gasteiger partial charge on any atom is -0.462 e. The highest BCUT2D eigenvalue weighted by Gasteiger charge is 2.30.